The van der Waals surface area contributed by atoms with Crippen molar-refractivity contribution >= 4 is 16.9 Å². The molecule has 1 N–H and O–H groups in total. The van der Waals surface area contributed by atoms with Crippen LogP contribution in [0.2, 0.25) is 0 Å². The van der Waals surface area contributed by atoms with Crippen molar-refractivity contribution in [1.29, 1.82) is 0 Å². The van der Waals surface area contributed by atoms with E-state index >= 15 is 0 Å². The second kappa shape index (κ2) is 11.0. The summed E-state index contributed by atoms with van der Waals surface area (Å²) in [5.74, 6) is 1.86. The first-order valence-corrected chi connectivity index (χ1v) is 11.5. The first-order valence-electron chi connectivity index (χ1n) is 11.5. The molecule has 5 nitrogen and oxygen atoms in total. The minimum Gasteiger partial charge on any atom is -0.494 e. The highest BCUT2D eigenvalue weighted by molar-refractivity contribution is 5.87. The highest BCUT2D eigenvalue weighted by Crippen LogP contribution is 2.24. The van der Waals surface area contributed by atoms with Crippen molar-refractivity contribution in [2.24, 2.45) is 0 Å². The van der Waals surface area contributed by atoms with E-state index in [0.29, 0.717) is 19.6 Å². The van der Waals surface area contributed by atoms with E-state index in [2.05, 4.69) is 61.0 Å². The summed E-state index contributed by atoms with van der Waals surface area (Å²) in [5.41, 5.74) is 3.60. The molecule has 3 aromatic rings. The highest BCUT2D eigenvalue weighted by atomic mass is 16.5. The third-order valence-electron chi connectivity index (χ3n) is 5.46. The standard InChI is InChI=1S/C27H35N3O2/c1-5-10-26(31)28-18-17-25-29-23-11-6-7-12-24(23)30(25)19-8-9-20-32-22-15-13-21(14-16-22)27(2,3)4/h5-7,10-16H,8-9,17-20H2,1-4H3,(H,28,31)/b10-5+. The number of hydrogen-bond acceptors (Lipinski definition) is 3. The van der Waals surface area contributed by atoms with E-state index in [1.165, 1.54) is 5.56 Å². The van der Waals surface area contributed by atoms with Crippen molar-refractivity contribution in [2.75, 3.05) is 13.2 Å². The Labute approximate surface area is 191 Å². The molecule has 0 unspecified atom stereocenters. The number of benzene rings is 2. The number of nitrogens with one attached hydrogen (secondary N) is 1. The molecule has 0 radical (unpaired) electrons. The summed E-state index contributed by atoms with van der Waals surface area (Å²) >= 11 is 0. The molecule has 32 heavy (non-hydrogen) atoms. The molecule has 0 bridgehead atoms. The lowest BCUT2D eigenvalue weighted by atomic mass is 9.87. The maximum atomic E-state index is 11.7. The molecule has 1 heterocycles. The molecule has 0 spiro atoms. The van der Waals surface area contributed by atoms with E-state index in [4.69, 9.17) is 9.72 Å². The van der Waals surface area contributed by atoms with Gasteiger partial charge in [-0.05, 0) is 61.1 Å². The number of rotatable bonds is 10. The van der Waals surface area contributed by atoms with Gasteiger partial charge >= 0.3 is 0 Å². The van der Waals surface area contributed by atoms with Gasteiger partial charge in [-0.25, -0.2) is 4.98 Å². The Hall–Kier alpha value is -3.08. The summed E-state index contributed by atoms with van der Waals surface area (Å²) in [7, 11) is 0. The minimum absolute atomic E-state index is 0.0668. The Balaban J connectivity index is 1.53. The zero-order chi connectivity index (χ0) is 23.0. The number of ether oxygens (including phenoxy) is 1. The summed E-state index contributed by atoms with van der Waals surface area (Å²) in [6.45, 7) is 10.6. The maximum absolute atomic E-state index is 11.7. The average Bonchev–Trinajstić information content (AvgIpc) is 3.11. The number of nitrogens with zero attached hydrogens (tertiary/aromatic N) is 2. The fourth-order valence-corrected chi connectivity index (χ4v) is 3.69. The molecule has 0 aliphatic rings. The summed E-state index contributed by atoms with van der Waals surface area (Å²) in [6, 6.07) is 16.6. The van der Waals surface area contributed by atoms with Crippen molar-refractivity contribution in [3.8, 4) is 5.75 Å². The molecule has 0 atom stereocenters. The van der Waals surface area contributed by atoms with E-state index in [1.54, 1.807) is 12.2 Å². The van der Waals surface area contributed by atoms with Gasteiger partial charge in [-0.1, -0.05) is 51.1 Å². The van der Waals surface area contributed by atoms with Gasteiger partial charge in [0.25, 0.3) is 0 Å². The maximum Gasteiger partial charge on any atom is 0.243 e. The van der Waals surface area contributed by atoms with Gasteiger partial charge in [-0.2, -0.15) is 0 Å². The third-order valence-corrected chi connectivity index (χ3v) is 5.46. The third kappa shape index (κ3) is 6.46. The molecule has 2 aromatic carbocycles. The van der Waals surface area contributed by atoms with Crippen LogP contribution < -0.4 is 10.1 Å². The molecule has 3 rings (SSSR count). The predicted molar refractivity (Wildman–Crippen MR) is 131 cm³/mol. The number of fused-ring (bicyclic) bond motifs is 1. The van der Waals surface area contributed by atoms with E-state index in [-0.39, 0.29) is 11.3 Å². The van der Waals surface area contributed by atoms with E-state index in [1.807, 2.05) is 25.1 Å². The van der Waals surface area contributed by atoms with Gasteiger partial charge in [-0.15, -0.1) is 0 Å². The number of aryl methyl sites for hydroxylation is 1. The molecule has 0 saturated heterocycles. The quantitative estimate of drug-likeness (QED) is 0.343. The van der Waals surface area contributed by atoms with Crippen molar-refractivity contribution in [3.63, 3.8) is 0 Å². The molecule has 5 heteroatoms. The molecule has 1 amide bonds. The fraction of sp³-hybridized carbons (Fsp3) is 0.407. The molecule has 0 saturated carbocycles. The van der Waals surface area contributed by atoms with Crippen LogP contribution in [0.25, 0.3) is 11.0 Å². The van der Waals surface area contributed by atoms with Crippen LogP contribution in [0, 0.1) is 0 Å². The van der Waals surface area contributed by atoms with Crippen LogP contribution in [0.5, 0.6) is 5.75 Å². The zero-order valence-electron chi connectivity index (χ0n) is 19.7. The number of hydrogen-bond donors (Lipinski definition) is 1. The summed E-state index contributed by atoms with van der Waals surface area (Å²) in [5, 5.41) is 2.91. The summed E-state index contributed by atoms with van der Waals surface area (Å²) in [4.78, 5) is 16.5. The van der Waals surface area contributed by atoms with Crippen molar-refractivity contribution in [3.05, 3.63) is 72.1 Å². The molecule has 1 aromatic heterocycles. The monoisotopic (exact) mass is 433 g/mol. The molecular weight excluding hydrogens is 398 g/mol. The van der Waals surface area contributed by atoms with Crippen molar-refractivity contribution < 1.29 is 9.53 Å². The number of amides is 1. The number of carbonyl (C=O) groups excluding carboxylic acids is 1. The van der Waals surface area contributed by atoms with Crippen LogP contribution in [-0.4, -0.2) is 28.6 Å². The Kier molecular flexibility index (Phi) is 8.09. The van der Waals surface area contributed by atoms with Gasteiger partial charge in [0.15, 0.2) is 0 Å². The van der Waals surface area contributed by atoms with E-state index < -0.39 is 0 Å². The van der Waals surface area contributed by atoms with E-state index in [0.717, 1.165) is 42.0 Å². The lowest BCUT2D eigenvalue weighted by Crippen LogP contribution is -2.24. The van der Waals surface area contributed by atoms with Crippen LogP contribution in [0.1, 0.15) is 51.9 Å². The number of allylic oxidation sites excluding steroid dienone is 1. The Morgan fingerprint density at radius 2 is 1.84 bits per heavy atom. The molecular formula is C27H35N3O2. The first-order chi connectivity index (χ1) is 15.4. The normalized spacial score (nSPS) is 11.9. The number of carbonyl (C=O) groups is 1. The van der Waals surface area contributed by atoms with Gasteiger partial charge in [0.05, 0.1) is 17.6 Å². The van der Waals surface area contributed by atoms with Gasteiger partial charge in [-0.3, -0.25) is 4.79 Å². The van der Waals surface area contributed by atoms with Crippen LogP contribution in [0.15, 0.2) is 60.7 Å². The number of aromatic nitrogens is 2. The molecule has 0 aliphatic heterocycles. The largest absolute Gasteiger partial charge is 0.494 e. The summed E-state index contributed by atoms with van der Waals surface area (Å²) in [6.07, 6.45) is 5.95. The lowest BCUT2D eigenvalue weighted by molar-refractivity contribution is -0.116. The van der Waals surface area contributed by atoms with Gasteiger partial charge < -0.3 is 14.6 Å². The lowest BCUT2D eigenvalue weighted by Gasteiger charge is -2.19. The molecule has 0 fully saturated rings. The number of unbranched alkanes of at least 4 members (excludes halogenated alkanes) is 1. The van der Waals surface area contributed by atoms with Crippen LogP contribution in [0.3, 0.4) is 0 Å². The zero-order valence-corrected chi connectivity index (χ0v) is 19.7. The predicted octanol–water partition coefficient (Wildman–Crippen LogP) is 5.43. The van der Waals surface area contributed by atoms with Gasteiger partial charge in [0, 0.05) is 19.5 Å². The van der Waals surface area contributed by atoms with Crippen LogP contribution >= 0.6 is 0 Å². The van der Waals surface area contributed by atoms with Crippen LogP contribution in [-0.2, 0) is 23.2 Å². The number of para-hydroxylation sites is 2. The topological polar surface area (TPSA) is 56.2 Å². The SMILES string of the molecule is C/C=C/C(=O)NCCc1nc2ccccc2n1CCCCOc1ccc(C(C)(C)C)cc1. The first kappa shape index (κ1) is 23.6. The minimum atomic E-state index is -0.0668. The van der Waals surface area contributed by atoms with Crippen molar-refractivity contribution in [1.82, 2.24) is 14.9 Å². The smallest absolute Gasteiger partial charge is 0.243 e. The Bertz CT molecular complexity index is 1040. The highest BCUT2D eigenvalue weighted by Gasteiger charge is 2.13. The summed E-state index contributed by atoms with van der Waals surface area (Å²) < 4.78 is 8.22. The second-order valence-electron chi connectivity index (χ2n) is 9.04. The number of imidazole rings is 1. The fourth-order valence-electron chi connectivity index (χ4n) is 3.69. The van der Waals surface area contributed by atoms with Crippen molar-refractivity contribution in [2.45, 2.75) is 58.9 Å². The Morgan fingerprint density at radius 1 is 1.09 bits per heavy atom. The molecule has 0 aliphatic carbocycles. The second-order valence-corrected chi connectivity index (χ2v) is 9.04. The molecule has 170 valence electrons. The van der Waals surface area contributed by atoms with Crippen LogP contribution in [0.4, 0.5) is 0 Å². The van der Waals surface area contributed by atoms with E-state index in [9.17, 15) is 4.79 Å². The average molecular weight is 434 g/mol. The Morgan fingerprint density at radius 3 is 2.56 bits per heavy atom. The van der Waals surface area contributed by atoms with Gasteiger partial charge in [0.1, 0.15) is 11.6 Å². The van der Waals surface area contributed by atoms with Gasteiger partial charge in [0.2, 0.25) is 5.91 Å².